The predicted octanol–water partition coefficient (Wildman–Crippen LogP) is 3.68. The molecule has 1 fully saturated rings. The molecule has 2 aliphatic rings. The second kappa shape index (κ2) is 4.87. The molecule has 1 N–H and O–H groups in total. The number of fused-ring (bicyclic) bond motifs is 1. The van der Waals surface area contributed by atoms with Gasteiger partial charge in [-0.1, -0.05) is 30.2 Å². The van der Waals surface area contributed by atoms with Crippen molar-refractivity contribution < 1.29 is 0 Å². The number of nitrogens with one attached hydrogen (secondary N) is 1. The van der Waals surface area contributed by atoms with Gasteiger partial charge in [0.2, 0.25) is 0 Å². The van der Waals surface area contributed by atoms with Gasteiger partial charge in [-0.15, -0.1) is 0 Å². The minimum atomic E-state index is 0.574. The van der Waals surface area contributed by atoms with Crippen molar-refractivity contribution in [2.75, 3.05) is 25.0 Å². The Hall–Kier alpha value is -0.730. The average Bonchev–Trinajstić information content (AvgIpc) is 2.40. The summed E-state index contributed by atoms with van der Waals surface area (Å²) in [5, 5.41) is 4.31. The first-order valence-electron chi connectivity index (χ1n) is 6.62. The number of likely N-dealkylation sites (tertiary alicyclic amines) is 1. The van der Waals surface area contributed by atoms with Gasteiger partial charge >= 0.3 is 0 Å². The molecule has 1 unspecified atom stereocenters. The van der Waals surface area contributed by atoms with Crippen molar-refractivity contribution in [1.82, 2.24) is 4.90 Å². The zero-order valence-electron chi connectivity index (χ0n) is 10.1. The van der Waals surface area contributed by atoms with Crippen LogP contribution in [0.3, 0.4) is 0 Å². The molecule has 17 heavy (non-hydrogen) atoms. The Bertz CT molecular complexity index is 399. The van der Waals surface area contributed by atoms with E-state index >= 15 is 0 Å². The number of halogens is 1. The number of hydrogen-bond donors (Lipinski definition) is 1. The largest absolute Gasteiger partial charge is 0.383 e. The van der Waals surface area contributed by atoms with Gasteiger partial charge < -0.3 is 5.32 Å². The number of anilines is 1. The minimum absolute atomic E-state index is 0.574. The molecule has 0 bridgehead atoms. The molecule has 1 aromatic carbocycles. The van der Waals surface area contributed by atoms with E-state index in [0.717, 1.165) is 17.3 Å². The predicted molar refractivity (Wildman–Crippen MR) is 72.7 cm³/mol. The third-order valence-corrected chi connectivity index (χ3v) is 4.27. The Labute approximate surface area is 108 Å². The molecule has 1 atom stereocenters. The van der Waals surface area contributed by atoms with E-state index in [2.05, 4.69) is 22.3 Å². The summed E-state index contributed by atoms with van der Waals surface area (Å²) in [6.07, 6.45) is 5.29. The number of piperidine rings is 1. The molecule has 0 amide bonds. The lowest BCUT2D eigenvalue weighted by Crippen LogP contribution is -2.36. The molecular weight excluding hydrogens is 232 g/mol. The summed E-state index contributed by atoms with van der Waals surface area (Å²) in [5.41, 5.74) is 2.56. The maximum Gasteiger partial charge on any atom is 0.0640 e. The number of rotatable bonds is 1. The van der Waals surface area contributed by atoms with Crippen LogP contribution >= 0.6 is 11.6 Å². The summed E-state index contributed by atoms with van der Waals surface area (Å²) in [5.74, 6) is 0. The summed E-state index contributed by atoms with van der Waals surface area (Å²) in [6.45, 7) is 3.53. The zero-order valence-corrected chi connectivity index (χ0v) is 10.8. The Morgan fingerprint density at radius 1 is 1.18 bits per heavy atom. The molecule has 2 nitrogen and oxygen atoms in total. The maximum atomic E-state index is 6.27. The van der Waals surface area contributed by atoms with E-state index in [1.54, 1.807) is 0 Å². The molecule has 3 rings (SSSR count). The lowest BCUT2D eigenvalue weighted by Gasteiger charge is -2.38. The molecule has 3 heteroatoms. The molecule has 2 aliphatic heterocycles. The van der Waals surface area contributed by atoms with Gasteiger partial charge in [-0.25, -0.2) is 0 Å². The molecule has 0 aromatic heterocycles. The first-order valence-corrected chi connectivity index (χ1v) is 7.00. The summed E-state index contributed by atoms with van der Waals surface area (Å²) < 4.78 is 0. The lowest BCUT2D eigenvalue weighted by molar-refractivity contribution is 0.156. The second-order valence-corrected chi connectivity index (χ2v) is 5.44. The Morgan fingerprint density at radius 2 is 2.00 bits per heavy atom. The first kappa shape index (κ1) is 11.4. The fourth-order valence-corrected chi connectivity index (χ4v) is 3.35. The van der Waals surface area contributed by atoms with Gasteiger partial charge in [0.15, 0.2) is 0 Å². The van der Waals surface area contributed by atoms with Gasteiger partial charge in [0.1, 0.15) is 0 Å². The molecule has 92 valence electrons. The van der Waals surface area contributed by atoms with Crippen molar-refractivity contribution in [1.29, 1.82) is 0 Å². The van der Waals surface area contributed by atoms with Crippen molar-refractivity contribution in [2.24, 2.45) is 0 Å². The summed E-state index contributed by atoms with van der Waals surface area (Å²) in [7, 11) is 0. The van der Waals surface area contributed by atoms with E-state index < -0.39 is 0 Å². The highest BCUT2D eigenvalue weighted by Crippen LogP contribution is 2.39. The van der Waals surface area contributed by atoms with Crippen LogP contribution in [0.1, 0.15) is 37.3 Å². The molecule has 0 saturated carbocycles. The monoisotopic (exact) mass is 250 g/mol. The van der Waals surface area contributed by atoms with Gasteiger partial charge in [0.25, 0.3) is 0 Å². The van der Waals surface area contributed by atoms with Crippen LogP contribution in [0, 0.1) is 0 Å². The third-order valence-electron chi connectivity index (χ3n) is 3.96. The van der Waals surface area contributed by atoms with Crippen LogP contribution in [0.5, 0.6) is 0 Å². The fourth-order valence-electron chi connectivity index (χ4n) is 3.10. The highest BCUT2D eigenvalue weighted by molar-refractivity contribution is 6.33. The van der Waals surface area contributed by atoms with Crippen LogP contribution in [0.2, 0.25) is 5.02 Å². The summed E-state index contributed by atoms with van der Waals surface area (Å²) >= 11 is 6.27. The SMILES string of the molecule is Clc1cccc2c1NCCC2N1CCCCC1. The molecule has 1 saturated heterocycles. The third kappa shape index (κ3) is 2.16. The topological polar surface area (TPSA) is 15.3 Å². The van der Waals surface area contributed by atoms with Crippen molar-refractivity contribution in [3.8, 4) is 0 Å². The second-order valence-electron chi connectivity index (χ2n) is 5.03. The zero-order chi connectivity index (χ0) is 11.7. The smallest absolute Gasteiger partial charge is 0.0640 e. The van der Waals surface area contributed by atoms with Crippen LogP contribution in [0.4, 0.5) is 5.69 Å². The Balaban J connectivity index is 1.90. The van der Waals surface area contributed by atoms with Gasteiger partial charge in [0, 0.05) is 12.6 Å². The van der Waals surface area contributed by atoms with E-state index in [4.69, 9.17) is 11.6 Å². The van der Waals surface area contributed by atoms with Crippen LogP contribution < -0.4 is 5.32 Å². The molecule has 0 aliphatic carbocycles. The number of hydrogen-bond acceptors (Lipinski definition) is 2. The van der Waals surface area contributed by atoms with E-state index in [-0.39, 0.29) is 0 Å². The maximum absolute atomic E-state index is 6.27. The van der Waals surface area contributed by atoms with E-state index in [1.807, 2.05) is 6.07 Å². The van der Waals surface area contributed by atoms with Crippen LogP contribution in [0.25, 0.3) is 0 Å². The Morgan fingerprint density at radius 3 is 2.82 bits per heavy atom. The van der Waals surface area contributed by atoms with E-state index in [9.17, 15) is 0 Å². The van der Waals surface area contributed by atoms with E-state index in [1.165, 1.54) is 44.3 Å². The van der Waals surface area contributed by atoms with Crippen LogP contribution in [0.15, 0.2) is 18.2 Å². The van der Waals surface area contributed by atoms with E-state index in [0.29, 0.717) is 6.04 Å². The van der Waals surface area contributed by atoms with Gasteiger partial charge in [-0.2, -0.15) is 0 Å². The van der Waals surface area contributed by atoms with Gasteiger partial charge in [0.05, 0.1) is 10.7 Å². The molecule has 1 aromatic rings. The Kier molecular flexibility index (Phi) is 3.26. The van der Waals surface area contributed by atoms with Gasteiger partial charge in [-0.05, 0) is 44.0 Å². The van der Waals surface area contributed by atoms with Gasteiger partial charge in [-0.3, -0.25) is 4.90 Å². The van der Waals surface area contributed by atoms with Crippen molar-refractivity contribution in [3.63, 3.8) is 0 Å². The number of benzene rings is 1. The molecular formula is C14H19ClN2. The lowest BCUT2D eigenvalue weighted by atomic mass is 9.94. The van der Waals surface area contributed by atoms with Crippen molar-refractivity contribution >= 4 is 17.3 Å². The van der Waals surface area contributed by atoms with Crippen molar-refractivity contribution in [3.05, 3.63) is 28.8 Å². The quantitative estimate of drug-likeness (QED) is 0.818. The normalized spacial score (nSPS) is 25.1. The number of para-hydroxylation sites is 1. The molecule has 0 spiro atoms. The summed E-state index contributed by atoms with van der Waals surface area (Å²) in [4.78, 5) is 2.64. The highest BCUT2D eigenvalue weighted by Gasteiger charge is 2.27. The van der Waals surface area contributed by atoms with Crippen LogP contribution in [-0.2, 0) is 0 Å². The fraction of sp³-hybridized carbons (Fsp3) is 0.571. The van der Waals surface area contributed by atoms with Crippen LogP contribution in [-0.4, -0.2) is 24.5 Å². The molecule has 0 radical (unpaired) electrons. The minimum Gasteiger partial charge on any atom is -0.383 e. The van der Waals surface area contributed by atoms with Crippen molar-refractivity contribution in [2.45, 2.75) is 31.7 Å². The molecule has 2 heterocycles. The average molecular weight is 251 g/mol. The summed E-state index contributed by atoms with van der Waals surface area (Å²) in [6, 6.07) is 6.86. The standard InChI is InChI=1S/C14H19ClN2/c15-12-6-4-5-11-13(7-8-16-14(11)12)17-9-2-1-3-10-17/h4-6,13,16H,1-3,7-10H2. The highest BCUT2D eigenvalue weighted by atomic mass is 35.5. The number of nitrogens with zero attached hydrogens (tertiary/aromatic N) is 1. The first-order chi connectivity index (χ1) is 8.36.